The van der Waals surface area contributed by atoms with Gasteiger partial charge in [0, 0.05) is 26.0 Å². The number of aromatic nitrogens is 2. The molecule has 0 atom stereocenters. The van der Waals surface area contributed by atoms with Crippen molar-refractivity contribution in [2.75, 3.05) is 11.9 Å². The Morgan fingerprint density at radius 2 is 2.00 bits per heavy atom. The van der Waals surface area contributed by atoms with Crippen molar-refractivity contribution in [2.45, 2.75) is 6.54 Å². The van der Waals surface area contributed by atoms with Gasteiger partial charge in [-0.1, -0.05) is 6.07 Å². The summed E-state index contributed by atoms with van der Waals surface area (Å²) in [5, 5.41) is 7.38. The number of hydrogen-bond acceptors (Lipinski definition) is 4. The van der Waals surface area contributed by atoms with Gasteiger partial charge in [-0.3, -0.25) is 10.4 Å². The van der Waals surface area contributed by atoms with E-state index in [1.165, 1.54) is 0 Å². The van der Waals surface area contributed by atoms with Gasteiger partial charge in [0.15, 0.2) is 0 Å². The molecular formula is C13H15N5. The molecule has 2 aromatic rings. The van der Waals surface area contributed by atoms with Crippen LogP contribution in [0.15, 0.2) is 42.7 Å². The van der Waals surface area contributed by atoms with Crippen LogP contribution in [-0.2, 0) is 6.54 Å². The van der Waals surface area contributed by atoms with Gasteiger partial charge in [-0.05, 0) is 29.8 Å². The molecule has 0 aliphatic rings. The number of anilines is 1. The second-order valence-corrected chi connectivity index (χ2v) is 4.01. The summed E-state index contributed by atoms with van der Waals surface area (Å²) in [5.41, 5.74) is 7.08. The third-order valence-corrected chi connectivity index (χ3v) is 2.57. The van der Waals surface area contributed by atoms with Crippen LogP contribution in [0.1, 0.15) is 11.3 Å². The lowest BCUT2D eigenvalue weighted by Crippen LogP contribution is -2.20. The number of rotatable bonds is 4. The Labute approximate surface area is 106 Å². The van der Waals surface area contributed by atoms with Gasteiger partial charge in [0.2, 0.25) is 0 Å². The number of amidine groups is 1. The Morgan fingerprint density at radius 3 is 2.67 bits per heavy atom. The van der Waals surface area contributed by atoms with E-state index in [9.17, 15) is 0 Å². The molecule has 2 aromatic heterocycles. The van der Waals surface area contributed by atoms with Crippen molar-refractivity contribution >= 4 is 11.7 Å². The zero-order valence-electron chi connectivity index (χ0n) is 10.2. The molecule has 0 radical (unpaired) electrons. The van der Waals surface area contributed by atoms with Crippen LogP contribution in [0.25, 0.3) is 0 Å². The maximum absolute atomic E-state index is 7.38. The van der Waals surface area contributed by atoms with Crippen molar-refractivity contribution < 1.29 is 0 Å². The normalized spacial score (nSPS) is 10.1. The van der Waals surface area contributed by atoms with Crippen LogP contribution in [0.5, 0.6) is 0 Å². The minimum Gasteiger partial charge on any atom is -0.382 e. The average molecular weight is 241 g/mol. The lowest BCUT2D eigenvalue weighted by molar-refractivity contribution is 0.893. The molecule has 0 bridgehead atoms. The lowest BCUT2D eigenvalue weighted by Gasteiger charge is -2.18. The number of pyridine rings is 2. The molecular weight excluding hydrogens is 226 g/mol. The molecule has 0 fully saturated rings. The summed E-state index contributed by atoms with van der Waals surface area (Å²) >= 11 is 0. The maximum Gasteiger partial charge on any atom is 0.141 e. The van der Waals surface area contributed by atoms with Crippen LogP contribution >= 0.6 is 0 Å². The molecule has 0 aromatic carbocycles. The molecule has 3 N–H and O–H groups in total. The fourth-order valence-corrected chi connectivity index (χ4v) is 1.63. The highest BCUT2D eigenvalue weighted by Gasteiger charge is 2.05. The number of hydrogen-bond donors (Lipinski definition) is 2. The number of nitrogen functional groups attached to an aromatic ring is 1. The van der Waals surface area contributed by atoms with Crippen LogP contribution in [0, 0.1) is 5.41 Å². The Morgan fingerprint density at radius 1 is 1.28 bits per heavy atom. The zero-order valence-corrected chi connectivity index (χ0v) is 10.2. The molecule has 5 nitrogen and oxygen atoms in total. The summed E-state index contributed by atoms with van der Waals surface area (Å²) < 4.78 is 0. The Balaban J connectivity index is 2.16. The molecule has 0 amide bonds. The SMILES string of the molecule is CN(Cc1ccncc1)c1cccc(C(=N)N)n1. The highest BCUT2D eigenvalue weighted by molar-refractivity contribution is 5.93. The van der Waals surface area contributed by atoms with E-state index in [1.54, 1.807) is 18.5 Å². The van der Waals surface area contributed by atoms with E-state index >= 15 is 0 Å². The van der Waals surface area contributed by atoms with Crippen molar-refractivity contribution in [1.29, 1.82) is 5.41 Å². The molecule has 0 saturated heterocycles. The largest absolute Gasteiger partial charge is 0.382 e. The molecule has 18 heavy (non-hydrogen) atoms. The van der Waals surface area contributed by atoms with Gasteiger partial charge in [0.25, 0.3) is 0 Å². The molecule has 2 heterocycles. The fourth-order valence-electron chi connectivity index (χ4n) is 1.63. The summed E-state index contributed by atoms with van der Waals surface area (Å²) in [6.45, 7) is 0.733. The van der Waals surface area contributed by atoms with Crippen molar-refractivity contribution in [3.8, 4) is 0 Å². The fraction of sp³-hybridized carbons (Fsp3) is 0.154. The van der Waals surface area contributed by atoms with Gasteiger partial charge in [-0.2, -0.15) is 0 Å². The lowest BCUT2D eigenvalue weighted by atomic mass is 10.2. The second kappa shape index (κ2) is 5.27. The number of nitrogens with zero attached hydrogens (tertiary/aromatic N) is 3. The Kier molecular flexibility index (Phi) is 3.52. The van der Waals surface area contributed by atoms with E-state index in [2.05, 4.69) is 9.97 Å². The van der Waals surface area contributed by atoms with Gasteiger partial charge in [0.1, 0.15) is 17.3 Å². The highest BCUT2D eigenvalue weighted by Crippen LogP contribution is 2.12. The Hall–Kier alpha value is -2.43. The van der Waals surface area contributed by atoms with Crippen LogP contribution in [0.3, 0.4) is 0 Å². The Bertz CT molecular complexity index is 538. The first-order chi connectivity index (χ1) is 8.66. The first-order valence-corrected chi connectivity index (χ1v) is 5.58. The molecule has 92 valence electrons. The molecule has 0 unspecified atom stereocenters. The third-order valence-electron chi connectivity index (χ3n) is 2.57. The standard InChI is InChI=1S/C13H15N5/c1-18(9-10-5-7-16-8-6-10)12-4-2-3-11(17-12)13(14)15/h2-8H,9H2,1H3,(H3,14,15). The molecule has 5 heteroatoms. The monoisotopic (exact) mass is 241 g/mol. The predicted molar refractivity (Wildman–Crippen MR) is 71.6 cm³/mol. The van der Waals surface area contributed by atoms with Gasteiger partial charge in [-0.25, -0.2) is 4.98 Å². The first kappa shape index (κ1) is 12.0. The zero-order chi connectivity index (χ0) is 13.0. The van der Waals surface area contributed by atoms with Crippen molar-refractivity contribution in [3.63, 3.8) is 0 Å². The molecule has 2 rings (SSSR count). The van der Waals surface area contributed by atoms with Gasteiger partial charge >= 0.3 is 0 Å². The van der Waals surface area contributed by atoms with E-state index in [0.29, 0.717) is 5.69 Å². The van der Waals surface area contributed by atoms with E-state index in [-0.39, 0.29) is 5.84 Å². The topological polar surface area (TPSA) is 78.9 Å². The van der Waals surface area contributed by atoms with E-state index < -0.39 is 0 Å². The quantitative estimate of drug-likeness (QED) is 0.626. The van der Waals surface area contributed by atoms with Gasteiger partial charge in [0.05, 0.1) is 0 Å². The minimum atomic E-state index is -0.0193. The van der Waals surface area contributed by atoms with Crippen LogP contribution in [0.4, 0.5) is 5.82 Å². The van der Waals surface area contributed by atoms with Crippen molar-refractivity contribution in [1.82, 2.24) is 9.97 Å². The summed E-state index contributed by atoms with van der Waals surface area (Å²) in [6.07, 6.45) is 3.53. The summed E-state index contributed by atoms with van der Waals surface area (Å²) in [6, 6.07) is 9.40. The first-order valence-electron chi connectivity index (χ1n) is 5.58. The van der Waals surface area contributed by atoms with Crippen molar-refractivity contribution in [3.05, 3.63) is 54.0 Å². The van der Waals surface area contributed by atoms with E-state index in [1.807, 2.05) is 36.2 Å². The van der Waals surface area contributed by atoms with E-state index in [4.69, 9.17) is 11.1 Å². The van der Waals surface area contributed by atoms with Crippen LogP contribution in [0.2, 0.25) is 0 Å². The minimum absolute atomic E-state index is 0.0193. The van der Waals surface area contributed by atoms with Crippen molar-refractivity contribution in [2.24, 2.45) is 5.73 Å². The number of nitrogens with one attached hydrogen (secondary N) is 1. The third kappa shape index (κ3) is 2.82. The average Bonchev–Trinajstić information content (AvgIpc) is 2.40. The van der Waals surface area contributed by atoms with Gasteiger partial charge < -0.3 is 10.6 Å². The summed E-state index contributed by atoms with van der Waals surface area (Å²) in [4.78, 5) is 10.3. The maximum atomic E-state index is 7.38. The number of nitrogens with two attached hydrogens (primary N) is 1. The molecule has 0 saturated carbocycles. The van der Waals surface area contributed by atoms with Crippen LogP contribution < -0.4 is 10.6 Å². The highest BCUT2D eigenvalue weighted by atomic mass is 15.2. The summed E-state index contributed by atoms with van der Waals surface area (Å²) in [5.74, 6) is 0.772. The molecule has 0 spiro atoms. The summed E-state index contributed by atoms with van der Waals surface area (Å²) in [7, 11) is 1.95. The van der Waals surface area contributed by atoms with Gasteiger partial charge in [-0.15, -0.1) is 0 Å². The smallest absolute Gasteiger partial charge is 0.141 e. The second-order valence-electron chi connectivity index (χ2n) is 4.01. The molecule has 0 aliphatic heterocycles. The van der Waals surface area contributed by atoms with E-state index in [0.717, 1.165) is 17.9 Å². The van der Waals surface area contributed by atoms with Crippen LogP contribution in [-0.4, -0.2) is 22.9 Å². The predicted octanol–water partition coefficient (Wildman–Crippen LogP) is 1.40. The molecule has 0 aliphatic carbocycles.